The quantitative estimate of drug-likeness (QED) is 0.630. The van der Waals surface area contributed by atoms with E-state index in [-0.39, 0.29) is 23.4 Å². The van der Waals surface area contributed by atoms with Crippen molar-refractivity contribution in [1.82, 2.24) is 0 Å². The van der Waals surface area contributed by atoms with Crippen LogP contribution in [0.15, 0.2) is 18.2 Å². The second-order valence-electron chi connectivity index (χ2n) is 8.14. The third-order valence-corrected chi connectivity index (χ3v) is 4.72. The smallest absolute Gasteiger partial charge is 0.468 e. The van der Waals surface area contributed by atoms with Crippen molar-refractivity contribution in [1.29, 1.82) is 0 Å². The Labute approximate surface area is 140 Å². The van der Waals surface area contributed by atoms with E-state index < -0.39 is 7.12 Å². The Hall–Kier alpha value is -1.04. The van der Waals surface area contributed by atoms with Crippen molar-refractivity contribution in [3.63, 3.8) is 0 Å². The van der Waals surface area contributed by atoms with Gasteiger partial charge in [-0.05, 0) is 44.7 Å². The summed E-state index contributed by atoms with van der Waals surface area (Å²) in [5.74, 6) is 0.748. The maximum atomic E-state index is 6.15. The Morgan fingerprint density at radius 1 is 1.04 bits per heavy atom. The van der Waals surface area contributed by atoms with E-state index in [0.717, 1.165) is 11.2 Å². The van der Waals surface area contributed by atoms with E-state index in [1.807, 2.05) is 33.8 Å². The van der Waals surface area contributed by atoms with Gasteiger partial charge >= 0.3 is 7.12 Å². The van der Waals surface area contributed by atoms with Gasteiger partial charge in [0.15, 0.2) is 6.79 Å². The number of hydrogen-bond donors (Lipinski definition) is 0. The van der Waals surface area contributed by atoms with Crippen LogP contribution < -0.4 is 10.2 Å². The molecule has 1 saturated heterocycles. The van der Waals surface area contributed by atoms with Crippen LogP contribution in [-0.2, 0) is 19.5 Å². The zero-order chi connectivity index (χ0) is 17.5. The first-order chi connectivity index (χ1) is 10.5. The molecular weight excluding hydrogens is 291 g/mol. The molecule has 1 aliphatic rings. The van der Waals surface area contributed by atoms with Crippen LogP contribution in [0.3, 0.4) is 0 Å². The molecule has 1 aromatic rings. The highest BCUT2D eigenvalue weighted by Crippen LogP contribution is 2.37. The minimum atomic E-state index is -0.444. The highest BCUT2D eigenvalue weighted by molar-refractivity contribution is 6.63. The van der Waals surface area contributed by atoms with Gasteiger partial charge < -0.3 is 18.8 Å². The van der Waals surface area contributed by atoms with Gasteiger partial charge in [-0.15, -0.1) is 0 Å². The summed E-state index contributed by atoms with van der Waals surface area (Å²) in [6.07, 6.45) is 0. The lowest BCUT2D eigenvalue weighted by molar-refractivity contribution is 0.00578. The minimum absolute atomic E-state index is 0.0413. The van der Waals surface area contributed by atoms with Crippen LogP contribution in [0.4, 0.5) is 0 Å². The molecule has 23 heavy (non-hydrogen) atoms. The monoisotopic (exact) mass is 320 g/mol. The molecule has 1 aromatic carbocycles. The Kier molecular flexibility index (Phi) is 4.87. The van der Waals surface area contributed by atoms with Crippen molar-refractivity contribution in [2.24, 2.45) is 0 Å². The molecule has 0 spiro atoms. The van der Waals surface area contributed by atoms with Crippen molar-refractivity contribution >= 4 is 12.6 Å². The Bertz CT molecular complexity index is 545. The molecule has 1 heterocycles. The molecular formula is C18H29BO4. The van der Waals surface area contributed by atoms with E-state index in [1.54, 1.807) is 7.11 Å². The van der Waals surface area contributed by atoms with E-state index in [1.165, 1.54) is 5.56 Å². The molecule has 1 fully saturated rings. The van der Waals surface area contributed by atoms with Crippen molar-refractivity contribution < 1.29 is 18.8 Å². The summed E-state index contributed by atoms with van der Waals surface area (Å²) < 4.78 is 23.2. The van der Waals surface area contributed by atoms with Crippen LogP contribution in [0.1, 0.15) is 54.0 Å². The van der Waals surface area contributed by atoms with E-state index in [0.29, 0.717) is 0 Å². The average molecular weight is 320 g/mol. The summed E-state index contributed by atoms with van der Waals surface area (Å²) in [5.41, 5.74) is 1.38. The van der Waals surface area contributed by atoms with Gasteiger partial charge in [0.2, 0.25) is 0 Å². The molecule has 2 rings (SSSR count). The molecule has 1 aliphatic heterocycles. The number of hydrogen-bond acceptors (Lipinski definition) is 4. The van der Waals surface area contributed by atoms with Gasteiger partial charge in [-0.1, -0.05) is 32.9 Å². The van der Waals surface area contributed by atoms with Crippen molar-refractivity contribution in [3.8, 4) is 5.75 Å². The molecule has 0 radical (unpaired) electrons. The average Bonchev–Trinajstić information content (AvgIpc) is 2.63. The van der Waals surface area contributed by atoms with E-state index in [2.05, 4.69) is 32.9 Å². The highest BCUT2D eigenvalue weighted by atomic mass is 16.7. The Morgan fingerprint density at radius 2 is 1.61 bits per heavy atom. The number of rotatable bonds is 4. The molecule has 0 aliphatic carbocycles. The van der Waals surface area contributed by atoms with Crippen LogP contribution >= 0.6 is 0 Å². The molecule has 0 bridgehead atoms. The Balaban J connectivity index is 2.38. The zero-order valence-corrected chi connectivity index (χ0v) is 15.6. The van der Waals surface area contributed by atoms with Gasteiger partial charge in [0.1, 0.15) is 5.75 Å². The van der Waals surface area contributed by atoms with Gasteiger partial charge in [-0.25, -0.2) is 0 Å². The van der Waals surface area contributed by atoms with Gasteiger partial charge in [-0.3, -0.25) is 0 Å². The lowest BCUT2D eigenvalue weighted by atomic mass is 9.76. The number of benzene rings is 1. The van der Waals surface area contributed by atoms with Crippen LogP contribution in [0.25, 0.3) is 0 Å². The maximum Gasteiger partial charge on any atom is 0.498 e. The first-order valence-corrected chi connectivity index (χ1v) is 8.10. The fourth-order valence-corrected chi connectivity index (χ4v) is 2.41. The summed E-state index contributed by atoms with van der Waals surface area (Å²) in [4.78, 5) is 0. The SMILES string of the molecule is COCOc1cc(C(C)(C)C)ccc1B1OC(C)(C)C(C)(C)O1. The fraction of sp³-hybridized carbons (Fsp3) is 0.667. The number of ether oxygens (including phenoxy) is 2. The molecule has 0 amide bonds. The molecule has 4 nitrogen and oxygen atoms in total. The zero-order valence-electron chi connectivity index (χ0n) is 15.6. The lowest BCUT2D eigenvalue weighted by Gasteiger charge is -2.32. The van der Waals surface area contributed by atoms with Crippen molar-refractivity contribution in [2.75, 3.05) is 13.9 Å². The second kappa shape index (κ2) is 6.12. The first-order valence-electron chi connectivity index (χ1n) is 8.10. The van der Waals surface area contributed by atoms with Gasteiger partial charge in [0.05, 0.1) is 11.2 Å². The van der Waals surface area contributed by atoms with E-state index in [4.69, 9.17) is 18.8 Å². The predicted molar refractivity (Wildman–Crippen MR) is 93.4 cm³/mol. The minimum Gasteiger partial charge on any atom is -0.468 e. The summed E-state index contributed by atoms with van der Waals surface area (Å²) in [5, 5.41) is 0. The van der Waals surface area contributed by atoms with Crippen LogP contribution in [0.2, 0.25) is 0 Å². The largest absolute Gasteiger partial charge is 0.498 e. The maximum absolute atomic E-state index is 6.15. The lowest BCUT2D eigenvalue weighted by Crippen LogP contribution is -2.41. The predicted octanol–water partition coefficient (Wildman–Crippen LogP) is 3.27. The topological polar surface area (TPSA) is 36.9 Å². The normalized spacial score (nSPS) is 19.9. The molecule has 5 heteroatoms. The molecule has 0 N–H and O–H groups in total. The van der Waals surface area contributed by atoms with Crippen molar-refractivity contribution in [2.45, 2.75) is 65.1 Å². The van der Waals surface area contributed by atoms with Gasteiger partial charge in [0.25, 0.3) is 0 Å². The van der Waals surface area contributed by atoms with Crippen LogP contribution in [-0.4, -0.2) is 32.2 Å². The molecule has 0 unspecified atom stereocenters. The molecule has 128 valence electrons. The van der Waals surface area contributed by atoms with E-state index >= 15 is 0 Å². The third-order valence-electron chi connectivity index (χ3n) is 4.72. The van der Waals surface area contributed by atoms with E-state index in [9.17, 15) is 0 Å². The van der Waals surface area contributed by atoms with Gasteiger partial charge in [0, 0.05) is 12.6 Å². The van der Waals surface area contributed by atoms with Crippen molar-refractivity contribution in [3.05, 3.63) is 23.8 Å². The summed E-state index contributed by atoms with van der Waals surface area (Å²) in [6.45, 7) is 14.9. The summed E-state index contributed by atoms with van der Waals surface area (Å²) >= 11 is 0. The third kappa shape index (κ3) is 3.73. The summed E-state index contributed by atoms with van der Waals surface area (Å²) in [7, 11) is 1.17. The fourth-order valence-electron chi connectivity index (χ4n) is 2.41. The molecule has 0 atom stereocenters. The molecule has 0 saturated carbocycles. The van der Waals surface area contributed by atoms with Crippen LogP contribution in [0.5, 0.6) is 5.75 Å². The number of methoxy groups -OCH3 is 1. The highest BCUT2D eigenvalue weighted by Gasteiger charge is 2.52. The first kappa shape index (κ1) is 18.3. The summed E-state index contributed by atoms with van der Waals surface area (Å²) in [6, 6.07) is 6.20. The standard InChI is InChI=1S/C18H29BO4/c1-16(2,3)13-9-10-14(15(11-13)21-12-20-8)19-22-17(4,5)18(6,7)23-19/h9-11H,12H2,1-8H3. The van der Waals surface area contributed by atoms with Crippen LogP contribution in [0, 0.1) is 0 Å². The van der Waals surface area contributed by atoms with Gasteiger partial charge in [-0.2, -0.15) is 0 Å². The Morgan fingerprint density at radius 3 is 2.09 bits per heavy atom. The second-order valence-corrected chi connectivity index (χ2v) is 8.14. The molecule has 0 aromatic heterocycles.